The van der Waals surface area contributed by atoms with Gasteiger partial charge in [0, 0.05) is 6.54 Å². The van der Waals surface area contributed by atoms with Crippen LogP contribution in [0.2, 0.25) is 0 Å². The van der Waals surface area contributed by atoms with Gasteiger partial charge in [0.15, 0.2) is 0 Å². The van der Waals surface area contributed by atoms with Gasteiger partial charge >= 0.3 is 0 Å². The molecule has 0 saturated heterocycles. The number of rotatable bonds is 9. The molecule has 3 heteroatoms. The van der Waals surface area contributed by atoms with E-state index in [0.29, 0.717) is 0 Å². The first-order chi connectivity index (χ1) is 9.15. The van der Waals surface area contributed by atoms with Crippen LogP contribution in [0.3, 0.4) is 0 Å². The van der Waals surface area contributed by atoms with Crippen LogP contribution >= 0.6 is 0 Å². The van der Waals surface area contributed by atoms with Gasteiger partial charge in [0.1, 0.15) is 5.75 Å². The van der Waals surface area contributed by atoms with Gasteiger partial charge in [0.05, 0.1) is 7.11 Å². The van der Waals surface area contributed by atoms with Gasteiger partial charge in [-0.25, -0.2) is 0 Å². The summed E-state index contributed by atoms with van der Waals surface area (Å²) in [5.41, 5.74) is 1.31. The summed E-state index contributed by atoms with van der Waals surface area (Å²) in [5, 5.41) is 0. The van der Waals surface area contributed by atoms with Crippen LogP contribution in [0.1, 0.15) is 25.3 Å². The highest BCUT2D eigenvalue weighted by Gasteiger charge is 2.03. The van der Waals surface area contributed by atoms with Crippen molar-refractivity contribution in [1.29, 1.82) is 0 Å². The van der Waals surface area contributed by atoms with Crippen molar-refractivity contribution in [2.75, 3.05) is 40.8 Å². The molecule has 0 aliphatic carbocycles. The SMILES string of the molecule is CCCN(C)CCCN(C)Cc1cccc(OC)c1. The molecule has 0 bridgehead atoms. The normalized spacial score (nSPS) is 11.3. The Morgan fingerprint density at radius 2 is 1.79 bits per heavy atom. The average molecular weight is 264 g/mol. The summed E-state index contributed by atoms with van der Waals surface area (Å²) in [7, 11) is 6.09. The van der Waals surface area contributed by atoms with Crippen molar-refractivity contribution in [3.8, 4) is 5.75 Å². The zero-order valence-electron chi connectivity index (χ0n) is 12.9. The standard InChI is InChI=1S/C16H28N2O/c1-5-10-17(2)11-7-12-18(3)14-15-8-6-9-16(13-15)19-4/h6,8-9,13H,5,7,10-12,14H2,1-4H3. The second-order valence-electron chi connectivity index (χ2n) is 5.25. The highest BCUT2D eigenvalue weighted by atomic mass is 16.5. The predicted molar refractivity (Wildman–Crippen MR) is 81.7 cm³/mol. The monoisotopic (exact) mass is 264 g/mol. The largest absolute Gasteiger partial charge is 0.497 e. The van der Waals surface area contributed by atoms with Gasteiger partial charge in [0.2, 0.25) is 0 Å². The molecular weight excluding hydrogens is 236 g/mol. The van der Waals surface area contributed by atoms with Gasteiger partial charge < -0.3 is 14.5 Å². The first kappa shape index (κ1) is 16.0. The molecule has 0 saturated carbocycles. The van der Waals surface area contributed by atoms with Crippen LogP contribution in [0.15, 0.2) is 24.3 Å². The van der Waals surface area contributed by atoms with Crippen LogP contribution < -0.4 is 4.74 Å². The molecule has 1 aromatic rings. The lowest BCUT2D eigenvalue weighted by atomic mass is 10.2. The van der Waals surface area contributed by atoms with Crippen molar-refractivity contribution < 1.29 is 4.74 Å². The molecule has 1 rings (SSSR count). The third kappa shape index (κ3) is 6.60. The molecule has 0 aliphatic heterocycles. The minimum absolute atomic E-state index is 0.938. The highest BCUT2D eigenvalue weighted by Crippen LogP contribution is 2.13. The lowest BCUT2D eigenvalue weighted by Crippen LogP contribution is -2.26. The van der Waals surface area contributed by atoms with E-state index in [4.69, 9.17) is 4.74 Å². The Morgan fingerprint density at radius 3 is 2.47 bits per heavy atom. The molecule has 0 aromatic heterocycles. The Balaban J connectivity index is 2.28. The fourth-order valence-corrected chi connectivity index (χ4v) is 2.27. The average Bonchev–Trinajstić information content (AvgIpc) is 2.39. The number of hydrogen-bond acceptors (Lipinski definition) is 3. The smallest absolute Gasteiger partial charge is 0.119 e. The molecule has 0 heterocycles. The van der Waals surface area contributed by atoms with E-state index < -0.39 is 0 Å². The first-order valence-electron chi connectivity index (χ1n) is 7.15. The van der Waals surface area contributed by atoms with E-state index in [9.17, 15) is 0 Å². The van der Waals surface area contributed by atoms with Gasteiger partial charge in [-0.3, -0.25) is 0 Å². The second kappa shape index (κ2) is 8.94. The zero-order chi connectivity index (χ0) is 14.1. The number of nitrogens with zero attached hydrogens (tertiary/aromatic N) is 2. The molecule has 0 amide bonds. The Morgan fingerprint density at radius 1 is 1.05 bits per heavy atom. The number of benzene rings is 1. The number of methoxy groups -OCH3 is 1. The van der Waals surface area contributed by atoms with Crippen LogP contribution in [-0.2, 0) is 6.54 Å². The third-order valence-corrected chi connectivity index (χ3v) is 3.27. The summed E-state index contributed by atoms with van der Waals surface area (Å²) >= 11 is 0. The van der Waals surface area contributed by atoms with Crippen molar-refractivity contribution in [1.82, 2.24) is 9.80 Å². The van der Waals surface area contributed by atoms with Crippen LogP contribution in [0.5, 0.6) is 5.75 Å². The number of ether oxygens (including phenoxy) is 1. The Hall–Kier alpha value is -1.06. The Labute approximate surface area is 118 Å². The molecule has 0 N–H and O–H groups in total. The van der Waals surface area contributed by atoms with Crippen molar-refractivity contribution in [3.63, 3.8) is 0 Å². The number of hydrogen-bond donors (Lipinski definition) is 0. The quantitative estimate of drug-likeness (QED) is 0.682. The summed E-state index contributed by atoms with van der Waals surface area (Å²) in [6.45, 7) is 6.71. The summed E-state index contributed by atoms with van der Waals surface area (Å²) in [4.78, 5) is 4.77. The summed E-state index contributed by atoms with van der Waals surface area (Å²) in [5.74, 6) is 0.938. The summed E-state index contributed by atoms with van der Waals surface area (Å²) in [6.07, 6.45) is 2.45. The van der Waals surface area contributed by atoms with E-state index in [2.05, 4.69) is 49.0 Å². The highest BCUT2D eigenvalue weighted by molar-refractivity contribution is 5.28. The van der Waals surface area contributed by atoms with E-state index in [-0.39, 0.29) is 0 Å². The van der Waals surface area contributed by atoms with Gasteiger partial charge in [-0.15, -0.1) is 0 Å². The van der Waals surface area contributed by atoms with Crippen molar-refractivity contribution in [2.45, 2.75) is 26.3 Å². The summed E-state index contributed by atoms with van der Waals surface area (Å²) in [6, 6.07) is 8.31. The lowest BCUT2D eigenvalue weighted by molar-refractivity contribution is 0.274. The maximum absolute atomic E-state index is 5.25. The predicted octanol–water partition coefficient (Wildman–Crippen LogP) is 2.86. The van der Waals surface area contributed by atoms with Gasteiger partial charge in [0.25, 0.3) is 0 Å². The molecule has 1 aromatic carbocycles. The maximum atomic E-state index is 5.25. The Bertz CT molecular complexity index is 354. The van der Waals surface area contributed by atoms with Crippen molar-refractivity contribution in [3.05, 3.63) is 29.8 Å². The lowest BCUT2D eigenvalue weighted by Gasteiger charge is -2.20. The van der Waals surface area contributed by atoms with Crippen LogP contribution in [0.4, 0.5) is 0 Å². The van der Waals surface area contributed by atoms with Gasteiger partial charge in [-0.2, -0.15) is 0 Å². The molecule has 0 atom stereocenters. The van der Waals surface area contributed by atoms with E-state index in [1.807, 2.05) is 6.07 Å². The molecule has 19 heavy (non-hydrogen) atoms. The zero-order valence-corrected chi connectivity index (χ0v) is 12.9. The molecule has 0 radical (unpaired) electrons. The minimum atomic E-state index is 0.938. The van der Waals surface area contributed by atoms with E-state index in [1.54, 1.807) is 7.11 Å². The topological polar surface area (TPSA) is 15.7 Å². The van der Waals surface area contributed by atoms with Crippen LogP contribution in [0.25, 0.3) is 0 Å². The molecule has 0 spiro atoms. The maximum Gasteiger partial charge on any atom is 0.119 e. The van der Waals surface area contributed by atoms with E-state index in [1.165, 1.54) is 31.5 Å². The molecule has 108 valence electrons. The molecule has 0 fully saturated rings. The summed E-state index contributed by atoms with van der Waals surface area (Å²) < 4.78 is 5.25. The molecule has 3 nitrogen and oxygen atoms in total. The van der Waals surface area contributed by atoms with Gasteiger partial charge in [-0.05, 0) is 64.3 Å². The molecule has 0 unspecified atom stereocenters. The fraction of sp³-hybridized carbons (Fsp3) is 0.625. The van der Waals surface area contributed by atoms with E-state index in [0.717, 1.165) is 18.8 Å². The minimum Gasteiger partial charge on any atom is -0.497 e. The first-order valence-corrected chi connectivity index (χ1v) is 7.15. The van der Waals surface area contributed by atoms with Crippen molar-refractivity contribution >= 4 is 0 Å². The Kier molecular flexibility index (Phi) is 7.53. The fourth-order valence-electron chi connectivity index (χ4n) is 2.27. The van der Waals surface area contributed by atoms with Gasteiger partial charge in [-0.1, -0.05) is 19.1 Å². The third-order valence-electron chi connectivity index (χ3n) is 3.27. The van der Waals surface area contributed by atoms with E-state index >= 15 is 0 Å². The van der Waals surface area contributed by atoms with Crippen molar-refractivity contribution in [2.24, 2.45) is 0 Å². The van der Waals surface area contributed by atoms with Crippen LogP contribution in [-0.4, -0.2) is 50.6 Å². The van der Waals surface area contributed by atoms with Crippen LogP contribution in [0, 0.1) is 0 Å². The molecule has 0 aliphatic rings. The molecular formula is C16H28N2O. The second-order valence-corrected chi connectivity index (χ2v) is 5.25.